The molecule has 21 heavy (non-hydrogen) atoms. The standard InChI is InChI=1S/C15H12Cl2N2OS/c1-9-3-2-4-13(5-9)18-15(21)19-14(20)10-6-11(16)8-12(17)7-10/h2-8H,1H3,(H2,18,19,20,21). The summed E-state index contributed by atoms with van der Waals surface area (Å²) in [6.45, 7) is 1.97. The van der Waals surface area contributed by atoms with E-state index in [1.54, 1.807) is 6.07 Å². The Hall–Kier alpha value is -1.62. The molecule has 2 aromatic carbocycles. The number of carbonyl (C=O) groups is 1. The molecule has 0 aromatic heterocycles. The van der Waals surface area contributed by atoms with E-state index in [1.165, 1.54) is 12.1 Å². The number of thiocarbonyl (C=S) groups is 1. The summed E-state index contributed by atoms with van der Waals surface area (Å²) in [5, 5.41) is 6.53. The van der Waals surface area contributed by atoms with Crippen LogP contribution in [0.3, 0.4) is 0 Å². The maximum absolute atomic E-state index is 12.1. The molecule has 0 spiro atoms. The molecule has 0 atom stereocenters. The van der Waals surface area contributed by atoms with Crippen LogP contribution in [0.1, 0.15) is 15.9 Å². The fourth-order valence-electron chi connectivity index (χ4n) is 1.75. The van der Waals surface area contributed by atoms with Crippen LogP contribution in [0.4, 0.5) is 5.69 Å². The molecule has 0 radical (unpaired) electrons. The Kier molecular flexibility index (Phi) is 5.17. The number of rotatable bonds is 2. The fraction of sp³-hybridized carbons (Fsp3) is 0.0667. The number of halogens is 2. The molecule has 3 nitrogen and oxygen atoms in total. The Morgan fingerprint density at radius 2 is 1.76 bits per heavy atom. The van der Waals surface area contributed by atoms with Gasteiger partial charge in [-0.2, -0.15) is 0 Å². The van der Waals surface area contributed by atoms with Crippen molar-refractivity contribution in [3.05, 3.63) is 63.6 Å². The number of carbonyl (C=O) groups excluding carboxylic acids is 1. The van der Waals surface area contributed by atoms with E-state index in [-0.39, 0.29) is 11.0 Å². The number of nitrogens with one attached hydrogen (secondary N) is 2. The van der Waals surface area contributed by atoms with Gasteiger partial charge in [-0.05, 0) is 55.0 Å². The van der Waals surface area contributed by atoms with E-state index >= 15 is 0 Å². The van der Waals surface area contributed by atoms with Crippen LogP contribution in [-0.4, -0.2) is 11.0 Å². The average Bonchev–Trinajstić information content (AvgIpc) is 2.37. The molecule has 2 rings (SSSR count). The molecular formula is C15H12Cl2N2OS. The van der Waals surface area contributed by atoms with Gasteiger partial charge in [-0.3, -0.25) is 10.1 Å². The maximum Gasteiger partial charge on any atom is 0.257 e. The van der Waals surface area contributed by atoms with Gasteiger partial charge in [-0.25, -0.2) is 0 Å². The van der Waals surface area contributed by atoms with Gasteiger partial charge in [0.2, 0.25) is 0 Å². The molecule has 0 aliphatic rings. The molecule has 2 N–H and O–H groups in total. The molecule has 0 aliphatic carbocycles. The second kappa shape index (κ2) is 6.89. The largest absolute Gasteiger partial charge is 0.332 e. The van der Waals surface area contributed by atoms with Gasteiger partial charge >= 0.3 is 0 Å². The molecule has 0 saturated carbocycles. The van der Waals surface area contributed by atoms with Crippen molar-refractivity contribution in [2.45, 2.75) is 6.92 Å². The van der Waals surface area contributed by atoms with Crippen LogP contribution in [0, 0.1) is 6.92 Å². The highest BCUT2D eigenvalue weighted by molar-refractivity contribution is 7.80. The minimum Gasteiger partial charge on any atom is -0.332 e. The monoisotopic (exact) mass is 338 g/mol. The molecule has 0 bridgehead atoms. The van der Waals surface area contributed by atoms with Gasteiger partial charge in [0.15, 0.2) is 5.11 Å². The van der Waals surface area contributed by atoms with E-state index < -0.39 is 0 Å². The third-order valence-corrected chi connectivity index (χ3v) is 3.27. The molecule has 0 heterocycles. The molecular weight excluding hydrogens is 327 g/mol. The normalized spacial score (nSPS) is 10.0. The second-order valence-corrected chi connectivity index (χ2v) is 5.72. The number of hydrogen-bond acceptors (Lipinski definition) is 2. The lowest BCUT2D eigenvalue weighted by molar-refractivity contribution is 0.0977. The molecule has 2 aromatic rings. The summed E-state index contributed by atoms with van der Waals surface area (Å²) in [6, 6.07) is 12.3. The van der Waals surface area contributed by atoms with Gasteiger partial charge in [0.25, 0.3) is 5.91 Å². The van der Waals surface area contributed by atoms with Gasteiger partial charge in [-0.1, -0.05) is 35.3 Å². The lowest BCUT2D eigenvalue weighted by Crippen LogP contribution is -2.34. The molecule has 0 aliphatic heterocycles. The smallest absolute Gasteiger partial charge is 0.257 e. The van der Waals surface area contributed by atoms with Crippen LogP contribution in [-0.2, 0) is 0 Å². The Bertz CT molecular complexity index is 684. The minimum absolute atomic E-state index is 0.210. The number of amides is 1. The summed E-state index contributed by atoms with van der Waals surface area (Å²) < 4.78 is 0. The first kappa shape index (κ1) is 15.8. The summed E-state index contributed by atoms with van der Waals surface area (Å²) in [6.07, 6.45) is 0. The summed E-state index contributed by atoms with van der Waals surface area (Å²) in [7, 11) is 0. The van der Waals surface area contributed by atoms with E-state index in [9.17, 15) is 4.79 Å². The lowest BCUT2D eigenvalue weighted by atomic mass is 10.2. The first-order valence-electron chi connectivity index (χ1n) is 6.09. The zero-order valence-corrected chi connectivity index (χ0v) is 13.4. The van der Waals surface area contributed by atoms with Crippen molar-refractivity contribution in [1.82, 2.24) is 5.32 Å². The molecule has 0 unspecified atom stereocenters. The highest BCUT2D eigenvalue weighted by atomic mass is 35.5. The zero-order chi connectivity index (χ0) is 15.4. The Morgan fingerprint density at radius 3 is 2.38 bits per heavy atom. The molecule has 0 saturated heterocycles. The number of hydrogen-bond donors (Lipinski definition) is 2. The van der Waals surface area contributed by atoms with Gasteiger partial charge in [-0.15, -0.1) is 0 Å². The zero-order valence-electron chi connectivity index (χ0n) is 11.1. The van der Waals surface area contributed by atoms with Crippen molar-refractivity contribution >= 4 is 52.1 Å². The number of aryl methyl sites for hydroxylation is 1. The van der Waals surface area contributed by atoms with Gasteiger partial charge in [0, 0.05) is 21.3 Å². The second-order valence-electron chi connectivity index (χ2n) is 4.44. The summed E-state index contributed by atoms with van der Waals surface area (Å²) in [5.41, 5.74) is 2.25. The van der Waals surface area contributed by atoms with Crippen molar-refractivity contribution in [2.24, 2.45) is 0 Å². The lowest BCUT2D eigenvalue weighted by Gasteiger charge is -2.10. The number of benzene rings is 2. The van der Waals surface area contributed by atoms with E-state index in [1.807, 2.05) is 31.2 Å². The molecule has 6 heteroatoms. The van der Waals surface area contributed by atoms with E-state index in [2.05, 4.69) is 10.6 Å². The predicted octanol–water partition coefficient (Wildman–Crippen LogP) is 4.43. The minimum atomic E-state index is -0.371. The Morgan fingerprint density at radius 1 is 1.10 bits per heavy atom. The van der Waals surface area contributed by atoms with Crippen LogP contribution in [0.2, 0.25) is 10.0 Å². The Balaban J connectivity index is 2.03. The third-order valence-electron chi connectivity index (χ3n) is 2.63. The molecule has 1 amide bonds. The fourth-order valence-corrected chi connectivity index (χ4v) is 2.48. The van der Waals surface area contributed by atoms with Crippen LogP contribution in [0.5, 0.6) is 0 Å². The summed E-state index contributed by atoms with van der Waals surface area (Å²) in [5.74, 6) is -0.371. The SMILES string of the molecule is Cc1cccc(NC(=S)NC(=O)c2cc(Cl)cc(Cl)c2)c1. The van der Waals surface area contributed by atoms with Crippen LogP contribution in [0.15, 0.2) is 42.5 Å². The van der Waals surface area contributed by atoms with E-state index in [4.69, 9.17) is 35.4 Å². The van der Waals surface area contributed by atoms with Crippen molar-refractivity contribution in [3.63, 3.8) is 0 Å². The van der Waals surface area contributed by atoms with Crippen LogP contribution >= 0.6 is 35.4 Å². The topological polar surface area (TPSA) is 41.1 Å². The van der Waals surface area contributed by atoms with Gasteiger partial charge in [0.1, 0.15) is 0 Å². The van der Waals surface area contributed by atoms with Gasteiger partial charge in [0.05, 0.1) is 0 Å². The first-order chi connectivity index (χ1) is 9.94. The van der Waals surface area contributed by atoms with E-state index in [0.717, 1.165) is 11.3 Å². The molecule has 108 valence electrons. The van der Waals surface area contributed by atoms with Crippen molar-refractivity contribution in [1.29, 1.82) is 0 Å². The summed E-state index contributed by atoms with van der Waals surface area (Å²) in [4.78, 5) is 12.1. The molecule has 0 fully saturated rings. The van der Waals surface area contributed by atoms with E-state index in [0.29, 0.717) is 15.6 Å². The highest BCUT2D eigenvalue weighted by Crippen LogP contribution is 2.19. The van der Waals surface area contributed by atoms with Crippen molar-refractivity contribution < 1.29 is 4.79 Å². The number of anilines is 1. The third kappa shape index (κ3) is 4.70. The summed E-state index contributed by atoms with van der Waals surface area (Å²) >= 11 is 16.8. The van der Waals surface area contributed by atoms with Crippen LogP contribution in [0.25, 0.3) is 0 Å². The average molecular weight is 339 g/mol. The Labute approximate surface area is 138 Å². The highest BCUT2D eigenvalue weighted by Gasteiger charge is 2.10. The quantitative estimate of drug-likeness (QED) is 0.796. The van der Waals surface area contributed by atoms with Crippen molar-refractivity contribution in [3.8, 4) is 0 Å². The van der Waals surface area contributed by atoms with Gasteiger partial charge < -0.3 is 5.32 Å². The van der Waals surface area contributed by atoms with Crippen molar-refractivity contribution in [2.75, 3.05) is 5.32 Å². The predicted molar refractivity (Wildman–Crippen MR) is 91.3 cm³/mol. The van der Waals surface area contributed by atoms with Crippen LogP contribution < -0.4 is 10.6 Å². The first-order valence-corrected chi connectivity index (χ1v) is 7.25. The maximum atomic E-state index is 12.1.